The Hall–Kier alpha value is -1.89. The molecular weight excluding hydrogens is 306 g/mol. The van der Waals surface area contributed by atoms with Crippen molar-refractivity contribution < 1.29 is 22.7 Å². The third-order valence-electron chi connectivity index (χ3n) is 3.22. The van der Waals surface area contributed by atoms with Crippen molar-refractivity contribution in [3.05, 3.63) is 29.8 Å². The Morgan fingerprint density at radius 1 is 1.23 bits per heavy atom. The molecule has 22 heavy (non-hydrogen) atoms. The minimum atomic E-state index is -3.40. The largest absolute Gasteiger partial charge is 0.452 e. The summed E-state index contributed by atoms with van der Waals surface area (Å²) < 4.78 is 27.8. The van der Waals surface area contributed by atoms with Crippen molar-refractivity contribution in [2.75, 3.05) is 12.9 Å². The normalized spacial score (nSPS) is 12.8. The number of amides is 1. The average molecular weight is 327 g/mol. The maximum atomic E-state index is 11.9. The van der Waals surface area contributed by atoms with Gasteiger partial charge in [0.1, 0.15) is 0 Å². The van der Waals surface area contributed by atoms with Gasteiger partial charge >= 0.3 is 5.97 Å². The molecule has 0 saturated carbocycles. The van der Waals surface area contributed by atoms with Crippen molar-refractivity contribution in [3.8, 4) is 0 Å². The summed E-state index contributed by atoms with van der Waals surface area (Å²) in [5.74, 6) is -0.863. The lowest BCUT2D eigenvalue weighted by atomic mass is 10.1. The van der Waals surface area contributed by atoms with Crippen molar-refractivity contribution in [1.29, 1.82) is 0 Å². The van der Waals surface area contributed by atoms with Crippen LogP contribution < -0.4 is 5.32 Å². The molecule has 0 saturated heterocycles. The highest BCUT2D eigenvalue weighted by Crippen LogP contribution is 2.12. The lowest BCUT2D eigenvalue weighted by Gasteiger charge is -2.17. The van der Waals surface area contributed by atoms with Gasteiger partial charge in [-0.3, -0.25) is 4.79 Å². The lowest BCUT2D eigenvalue weighted by molar-refractivity contribution is -0.125. The molecule has 6 nitrogen and oxygen atoms in total. The summed E-state index contributed by atoms with van der Waals surface area (Å²) in [5.41, 5.74) is 0.0904. The molecule has 1 N–H and O–H groups in total. The van der Waals surface area contributed by atoms with Gasteiger partial charge in [0.25, 0.3) is 5.91 Å². The number of esters is 1. The monoisotopic (exact) mass is 327 g/mol. The zero-order chi connectivity index (χ0) is 16.9. The summed E-state index contributed by atoms with van der Waals surface area (Å²) in [7, 11) is -3.40. The van der Waals surface area contributed by atoms with Gasteiger partial charge in [0.15, 0.2) is 16.4 Å². The number of benzene rings is 1. The smallest absolute Gasteiger partial charge is 0.338 e. The van der Waals surface area contributed by atoms with Gasteiger partial charge in [-0.05, 0) is 31.0 Å². The van der Waals surface area contributed by atoms with Crippen LogP contribution in [0.25, 0.3) is 0 Å². The molecular formula is C15H21NO5S. The van der Waals surface area contributed by atoms with E-state index in [1.165, 1.54) is 24.3 Å². The van der Waals surface area contributed by atoms with Crippen LogP contribution in [0, 0.1) is 5.92 Å². The molecule has 1 aromatic rings. The van der Waals surface area contributed by atoms with Gasteiger partial charge in [-0.15, -0.1) is 0 Å². The molecule has 0 aliphatic heterocycles. The van der Waals surface area contributed by atoms with Gasteiger partial charge in [-0.25, -0.2) is 13.2 Å². The lowest BCUT2D eigenvalue weighted by Crippen LogP contribution is -2.38. The van der Waals surface area contributed by atoms with Crippen molar-refractivity contribution in [1.82, 2.24) is 5.32 Å². The fourth-order valence-corrected chi connectivity index (χ4v) is 2.20. The van der Waals surface area contributed by atoms with E-state index in [0.29, 0.717) is 0 Å². The van der Waals surface area contributed by atoms with Gasteiger partial charge in [0.2, 0.25) is 0 Å². The van der Waals surface area contributed by atoms with Gasteiger partial charge in [-0.1, -0.05) is 19.9 Å². The van der Waals surface area contributed by atoms with E-state index in [-0.39, 0.29) is 22.4 Å². The van der Waals surface area contributed by atoms with Crippen molar-refractivity contribution >= 4 is 21.7 Å². The zero-order valence-electron chi connectivity index (χ0n) is 13.1. The van der Waals surface area contributed by atoms with Gasteiger partial charge in [-0.2, -0.15) is 0 Å². The number of rotatable bonds is 6. The van der Waals surface area contributed by atoms with Gasteiger partial charge in [0, 0.05) is 12.3 Å². The number of carbonyl (C=O) groups is 2. The van der Waals surface area contributed by atoms with E-state index >= 15 is 0 Å². The summed E-state index contributed by atoms with van der Waals surface area (Å²) in [6.07, 6.45) is 1.05. The number of hydrogen-bond donors (Lipinski definition) is 1. The Labute approximate surface area is 130 Å². The molecule has 0 aromatic heterocycles. The maximum absolute atomic E-state index is 11.9. The summed E-state index contributed by atoms with van der Waals surface area (Å²) in [5, 5.41) is 2.71. The quantitative estimate of drug-likeness (QED) is 0.798. The van der Waals surface area contributed by atoms with Crippen LogP contribution in [0.1, 0.15) is 31.1 Å². The van der Waals surface area contributed by atoms with Crippen LogP contribution in [0.15, 0.2) is 29.2 Å². The first-order chi connectivity index (χ1) is 10.1. The van der Waals surface area contributed by atoms with Gasteiger partial charge < -0.3 is 10.1 Å². The highest BCUT2D eigenvalue weighted by Gasteiger charge is 2.15. The predicted molar refractivity (Wildman–Crippen MR) is 82.3 cm³/mol. The fraction of sp³-hybridized carbons (Fsp3) is 0.467. The van der Waals surface area contributed by atoms with Crippen LogP contribution in [-0.4, -0.2) is 39.2 Å². The Balaban J connectivity index is 2.65. The van der Waals surface area contributed by atoms with Crippen molar-refractivity contribution in [2.45, 2.75) is 31.7 Å². The number of nitrogens with one attached hydrogen (secondary N) is 1. The topological polar surface area (TPSA) is 89.5 Å². The highest BCUT2D eigenvalue weighted by atomic mass is 32.2. The first kappa shape index (κ1) is 18.2. The van der Waals surface area contributed by atoms with E-state index in [9.17, 15) is 18.0 Å². The molecule has 0 aliphatic rings. The molecule has 0 heterocycles. The molecule has 122 valence electrons. The fourth-order valence-electron chi connectivity index (χ4n) is 1.53. The minimum absolute atomic E-state index is 0.0276. The van der Waals surface area contributed by atoms with Crippen molar-refractivity contribution in [3.63, 3.8) is 0 Å². The third kappa shape index (κ3) is 5.48. The van der Waals surface area contributed by atoms with Crippen LogP contribution in [0.2, 0.25) is 0 Å². The zero-order valence-corrected chi connectivity index (χ0v) is 13.9. The Kier molecular flexibility index (Phi) is 6.11. The van der Waals surface area contributed by atoms with Crippen LogP contribution in [0.5, 0.6) is 0 Å². The first-order valence-corrected chi connectivity index (χ1v) is 8.77. The van der Waals surface area contributed by atoms with E-state index < -0.39 is 28.3 Å². The molecule has 1 rings (SSSR count). The standard InChI is InChI=1S/C15H21NO5S/c1-10(2)11(3)16-14(17)9-21-15(18)12-6-5-7-13(8-12)22(4,19)20/h5-8,10-11H,9H2,1-4H3,(H,16,17). The Morgan fingerprint density at radius 2 is 1.86 bits per heavy atom. The van der Waals surface area contributed by atoms with E-state index in [1.807, 2.05) is 20.8 Å². The average Bonchev–Trinajstić information content (AvgIpc) is 2.43. The molecule has 1 atom stereocenters. The molecule has 1 unspecified atom stereocenters. The van der Waals surface area contributed by atoms with Crippen LogP contribution >= 0.6 is 0 Å². The molecule has 0 aliphatic carbocycles. The number of hydrogen-bond acceptors (Lipinski definition) is 5. The number of ether oxygens (including phenoxy) is 1. The minimum Gasteiger partial charge on any atom is -0.452 e. The molecule has 0 bridgehead atoms. The summed E-state index contributed by atoms with van der Waals surface area (Å²) >= 11 is 0. The van der Waals surface area contributed by atoms with Crippen LogP contribution in [0.4, 0.5) is 0 Å². The Morgan fingerprint density at radius 3 is 2.41 bits per heavy atom. The summed E-state index contributed by atoms with van der Waals surface area (Å²) in [6.45, 7) is 5.39. The van der Waals surface area contributed by atoms with E-state index in [2.05, 4.69) is 5.32 Å². The van der Waals surface area contributed by atoms with E-state index in [4.69, 9.17) is 4.74 Å². The van der Waals surface area contributed by atoms with E-state index in [1.54, 1.807) is 0 Å². The first-order valence-electron chi connectivity index (χ1n) is 6.88. The second-order valence-electron chi connectivity index (χ2n) is 5.48. The molecule has 0 radical (unpaired) electrons. The van der Waals surface area contributed by atoms with Gasteiger partial charge in [0.05, 0.1) is 10.5 Å². The molecule has 0 spiro atoms. The molecule has 7 heteroatoms. The maximum Gasteiger partial charge on any atom is 0.338 e. The van der Waals surface area contributed by atoms with E-state index in [0.717, 1.165) is 6.26 Å². The number of sulfone groups is 1. The molecule has 1 aromatic carbocycles. The van der Waals surface area contributed by atoms with Crippen LogP contribution in [0.3, 0.4) is 0 Å². The second kappa shape index (κ2) is 7.40. The SMILES string of the molecule is CC(C)C(C)NC(=O)COC(=O)c1cccc(S(C)(=O)=O)c1. The predicted octanol–water partition coefficient (Wildman–Crippen LogP) is 1.41. The molecule has 1 amide bonds. The Bertz CT molecular complexity index is 652. The second-order valence-corrected chi connectivity index (χ2v) is 7.49. The summed E-state index contributed by atoms with van der Waals surface area (Å²) in [6, 6.07) is 5.48. The third-order valence-corrected chi connectivity index (χ3v) is 4.33. The van der Waals surface area contributed by atoms with Crippen LogP contribution in [-0.2, 0) is 19.4 Å². The summed E-state index contributed by atoms with van der Waals surface area (Å²) in [4.78, 5) is 23.5. The van der Waals surface area contributed by atoms with Crippen molar-refractivity contribution in [2.24, 2.45) is 5.92 Å². The number of carbonyl (C=O) groups excluding carboxylic acids is 2. The molecule has 0 fully saturated rings. The highest BCUT2D eigenvalue weighted by molar-refractivity contribution is 7.90.